The lowest BCUT2D eigenvalue weighted by Crippen LogP contribution is -2.43. The molecule has 4 amide bonds. The predicted molar refractivity (Wildman–Crippen MR) is 91.3 cm³/mol. The van der Waals surface area contributed by atoms with Crippen molar-refractivity contribution in [3.63, 3.8) is 0 Å². The van der Waals surface area contributed by atoms with Crippen LogP contribution in [-0.2, 0) is 4.79 Å². The van der Waals surface area contributed by atoms with Gasteiger partial charge >= 0.3 is 6.03 Å². The van der Waals surface area contributed by atoms with Crippen LogP contribution in [0.15, 0.2) is 47.1 Å². The number of anilines is 2. The maximum absolute atomic E-state index is 12.2. The zero-order valence-corrected chi connectivity index (χ0v) is 13.6. The van der Waals surface area contributed by atoms with Crippen LogP contribution in [0, 0.1) is 0 Å². The first-order valence-electron chi connectivity index (χ1n) is 7.85. The van der Waals surface area contributed by atoms with Crippen molar-refractivity contribution in [3.05, 3.63) is 48.4 Å². The fraction of sp³-hybridized carbons (Fsp3) is 0.235. The Labute approximate surface area is 144 Å². The molecule has 2 heterocycles. The number of rotatable bonds is 5. The van der Waals surface area contributed by atoms with Gasteiger partial charge in [-0.1, -0.05) is 0 Å². The summed E-state index contributed by atoms with van der Waals surface area (Å²) < 4.78 is 5.03. The molecule has 2 aromatic rings. The van der Waals surface area contributed by atoms with E-state index in [1.54, 1.807) is 43.3 Å². The number of hydrogen-bond acceptors (Lipinski definition) is 5. The number of urea groups is 1. The molecule has 1 aromatic carbocycles. The van der Waals surface area contributed by atoms with Crippen molar-refractivity contribution >= 4 is 29.2 Å². The predicted octanol–water partition coefficient (Wildman–Crippen LogP) is 1.88. The van der Waals surface area contributed by atoms with Gasteiger partial charge in [-0.05, 0) is 43.3 Å². The summed E-state index contributed by atoms with van der Waals surface area (Å²) in [6.45, 7) is 2.54. The van der Waals surface area contributed by atoms with Gasteiger partial charge in [0.05, 0.1) is 6.26 Å². The molecule has 3 rings (SSSR count). The van der Waals surface area contributed by atoms with E-state index < -0.39 is 6.04 Å². The third-order valence-corrected chi connectivity index (χ3v) is 3.76. The van der Waals surface area contributed by atoms with Crippen LogP contribution in [0.25, 0.3) is 0 Å². The average molecular weight is 342 g/mol. The molecule has 0 radical (unpaired) electrons. The van der Waals surface area contributed by atoms with E-state index in [9.17, 15) is 14.4 Å². The summed E-state index contributed by atoms with van der Waals surface area (Å²) in [6, 6.07) is 9.21. The van der Waals surface area contributed by atoms with Crippen LogP contribution in [-0.4, -0.2) is 41.9 Å². The maximum atomic E-state index is 12.2. The van der Waals surface area contributed by atoms with Gasteiger partial charge < -0.3 is 20.4 Å². The molecule has 8 nitrogen and oxygen atoms in total. The van der Waals surface area contributed by atoms with Crippen molar-refractivity contribution in [1.29, 1.82) is 0 Å². The van der Waals surface area contributed by atoms with E-state index in [0.29, 0.717) is 24.5 Å². The second-order valence-corrected chi connectivity index (χ2v) is 5.60. The molecule has 0 saturated carbocycles. The summed E-state index contributed by atoms with van der Waals surface area (Å²) in [6.07, 6.45) is 1.43. The quantitative estimate of drug-likeness (QED) is 0.770. The van der Waals surface area contributed by atoms with Crippen molar-refractivity contribution in [3.8, 4) is 0 Å². The number of imide groups is 1. The zero-order valence-electron chi connectivity index (χ0n) is 13.6. The number of nitrogens with one attached hydrogen (secondary N) is 3. The second kappa shape index (κ2) is 7.08. The van der Waals surface area contributed by atoms with E-state index in [2.05, 4.69) is 16.0 Å². The first kappa shape index (κ1) is 16.6. The Kier molecular flexibility index (Phi) is 4.69. The minimum atomic E-state index is -0.549. The summed E-state index contributed by atoms with van der Waals surface area (Å²) in [5, 5.41) is 8.35. The molecule has 130 valence electrons. The van der Waals surface area contributed by atoms with Crippen molar-refractivity contribution < 1.29 is 18.8 Å². The van der Waals surface area contributed by atoms with Gasteiger partial charge in [0.2, 0.25) is 0 Å². The fourth-order valence-electron chi connectivity index (χ4n) is 2.48. The average Bonchev–Trinajstić information content (AvgIpc) is 3.27. The van der Waals surface area contributed by atoms with E-state index in [0.717, 1.165) is 0 Å². The highest BCUT2D eigenvalue weighted by Gasteiger charge is 2.29. The minimum absolute atomic E-state index is 0.227. The van der Waals surface area contributed by atoms with Crippen LogP contribution >= 0.6 is 0 Å². The number of benzene rings is 1. The van der Waals surface area contributed by atoms with Gasteiger partial charge in [0, 0.05) is 24.5 Å². The van der Waals surface area contributed by atoms with Gasteiger partial charge in [-0.3, -0.25) is 14.5 Å². The minimum Gasteiger partial charge on any atom is -0.459 e. The molecule has 1 saturated heterocycles. The Morgan fingerprint density at radius 2 is 1.92 bits per heavy atom. The summed E-state index contributed by atoms with van der Waals surface area (Å²) in [5.74, 6) is -0.398. The molecule has 8 heteroatoms. The zero-order chi connectivity index (χ0) is 17.8. The maximum Gasteiger partial charge on any atom is 0.324 e. The van der Waals surface area contributed by atoms with E-state index >= 15 is 0 Å². The number of furan rings is 1. The molecule has 1 atom stereocenters. The summed E-state index contributed by atoms with van der Waals surface area (Å²) in [7, 11) is 0. The van der Waals surface area contributed by atoms with E-state index in [-0.39, 0.29) is 23.6 Å². The number of carbonyl (C=O) groups excluding carboxylic acids is 3. The molecule has 1 unspecified atom stereocenters. The Balaban J connectivity index is 1.57. The second-order valence-electron chi connectivity index (χ2n) is 5.60. The van der Waals surface area contributed by atoms with Crippen LogP contribution in [0.2, 0.25) is 0 Å². The largest absolute Gasteiger partial charge is 0.459 e. The smallest absolute Gasteiger partial charge is 0.324 e. The fourth-order valence-corrected chi connectivity index (χ4v) is 2.48. The van der Waals surface area contributed by atoms with Gasteiger partial charge in [0.25, 0.3) is 11.8 Å². The first-order valence-corrected chi connectivity index (χ1v) is 7.85. The summed E-state index contributed by atoms with van der Waals surface area (Å²) in [5.41, 5.74) is 1.31. The van der Waals surface area contributed by atoms with Crippen LogP contribution in [0.1, 0.15) is 17.5 Å². The van der Waals surface area contributed by atoms with Gasteiger partial charge in [0.15, 0.2) is 5.76 Å². The standard InChI is InChI=1S/C17H18N4O4/c1-11(16(23)21-9-8-18-17(21)24)19-12-4-6-13(7-5-12)20-15(22)14-3-2-10-25-14/h2-7,10-11,19H,8-9H2,1H3,(H,18,24)(H,20,22). The summed E-state index contributed by atoms with van der Waals surface area (Å²) >= 11 is 0. The highest BCUT2D eigenvalue weighted by Crippen LogP contribution is 2.16. The van der Waals surface area contributed by atoms with Crippen molar-refractivity contribution in [1.82, 2.24) is 10.2 Å². The highest BCUT2D eigenvalue weighted by atomic mass is 16.3. The molecule has 3 N–H and O–H groups in total. The highest BCUT2D eigenvalue weighted by molar-refractivity contribution is 6.02. The Morgan fingerprint density at radius 3 is 2.52 bits per heavy atom. The molecule has 1 aliphatic heterocycles. The topological polar surface area (TPSA) is 104 Å². The SMILES string of the molecule is CC(Nc1ccc(NC(=O)c2ccco2)cc1)C(=O)N1CCNC1=O. The molecular formula is C17H18N4O4. The molecule has 1 fully saturated rings. The number of nitrogens with zero attached hydrogens (tertiary/aromatic N) is 1. The first-order chi connectivity index (χ1) is 12.0. The van der Waals surface area contributed by atoms with Crippen LogP contribution in [0.5, 0.6) is 0 Å². The number of amides is 4. The molecule has 0 spiro atoms. The van der Waals surface area contributed by atoms with Gasteiger partial charge in [-0.2, -0.15) is 0 Å². The number of carbonyl (C=O) groups is 3. The molecule has 0 bridgehead atoms. The monoisotopic (exact) mass is 342 g/mol. The molecule has 25 heavy (non-hydrogen) atoms. The van der Waals surface area contributed by atoms with Crippen molar-refractivity contribution in [2.75, 3.05) is 23.7 Å². The van der Waals surface area contributed by atoms with Gasteiger partial charge in [0.1, 0.15) is 6.04 Å². The molecule has 1 aliphatic rings. The van der Waals surface area contributed by atoms with Crippen LogP contribution in [0.4, 0.5) is 16.2 Å². The molecule has 1 aromatic heterocycles. The van der Waals surface area contributed by atoms with Crippen LogP contribution < -0.4 is 16.0 Å². The van der Waals surface area contributed by atoms with E-state index in [1.807, 2.05) is 0 Å². The third kappa shape index (κ3) is 3.79. The molecule has 0 aliphatic carbocycles. The Morgan fingerprint density at radius 1 is 1.20 bits per heavy atom. The normalized spacial score (nSPS) is 14.8. The number of hydrogen-bond donors (Lipinski definition) is 3. The third-order valence-electron chi connectivity index (χ3n) is 3.76. The van der Waals surface area contributed by atoms with Gasteiger partial charge in [-0.15, -0.1) is 0 Å². The summed E-state index contributed by atoms with van der Waals surface area (Å²) in [4.78, 5) is 36.9. The lowest BCUT2D eigenvalue weighted by molar-refractivity contribution is -0.128. The Hall–Kier alpha value is -3.29. The lowest BCUT2D eigenvalue weighted by Gasteiger charge is -2.19. The van der Waals surface area contributed by atoms with Crippen LogP contribution in [0.3, 0.4) is 0 Å². The molecular weight excluding hydrogens is 324 g/mol. The lowest BCUT2D eigenvalue weighted by atomic mass is 10.2. The van der Waals surface area contributed by atoms with E-state index in [4.69, 9.17) is 4.42 Å². The van der Waals surface area contributed by atoms with Crippen molar-refractivity contribution in [2.24, 2.45) is 0 Å². The van der Waals surface area contributed by atoms with Gasteiger partial charge in [-0.25, -0.2) is 4.79 Å². The van der Waals surface area contributed by atoms with Crippen molar-refractivity contribution in [2.45, 2.75) is 13.0 Å². The Bertz CT molecular complexity index is 770. The van der Waals surface area contributed by atoms with E-state index in [1.165, 1.54) is 11.2 Å².